The van der Waals surface area contributed by atoms with Crippen LogP contribution < -0.4 is 0 Å². The fraction of sp³-hybridized carbons (Fsp3) is 0.857. The third kappa shape index (κ3) is 3.91. The fourth-order valence-corrected chi connectivity index (χ4v) is 5.19. The highest BCUT2D eigenvalue weighted by atomic mass is 16.5. The van der Waals surface area contributed by atoms with Crippen molar-refractivity contribution >= 4 is 5.91 Å². The third-order valence-corrected chi connectivity index (χ3v) is 6.98. The smallest absolute Gasteiger partial charge is 0.222 e. The van der Waals surface area contributed by atoms with Crippen LogP contribution in [0.4, 0.5) is 0 Å². The summed E-state index contributed by atoms with van der Waals surface area (Å²) in [4.78, 5) is 15.0. The SMILES string of the molecule is CC(C)c1nnc(C2CN(C(=O)CCC3CCCC3)CC23CCOCC3)o1. The van der Waals surface area contributed by atoms with Gasteiger partial charge in [0.2, 0.25) is 17.7 Å². The maximum absolute atomic E-state index is 12.9. The summed E-state index contributed by atoms with van der Waals surface area (Å²) in [6, 6.07) is 0. The van der Waals surface area contributed by atoms with E-state index >= 15 is 0 Å². The monoisotopic (exact) mass is 375 g/mol. The summed E-state index contributed by atoms with van der Waals surface area (Å²) in [6.45, 7) is 7.16. The number of nitrogens with zero attached hydrogens (tertiary/aromatic N) is 3. The molecule has 1 atom stereocenters. The second-order valence-electron chi connectivity index (χ2n) is 9.12. The normalized spacial score (nSPS) is 25.7. The number of ether oxygens (including phenoxy) is 1. The van der Waals surface area contributed by atoms with Gasteiger partial charge in [0, 0.05) is 44.1 Å². The molecule has 0 bridgehead atoms. The highest BCUT2D eigenvalue weighted by Crippen LogP contribution is 2.49. The van der Waals surface area contributed by atoms with Gasteiger partial charge in [-0.05, 0) is 25.2 Å². The Morgan fingerprint density at radius 3 is 2.63 bits per heavy atom. The summed E-state index contributed by atoms with van der Waals surface area (Å²) >= 11 is 0. The number of hydrogen-bond acceptors (Lipinski definition) is 5. The molecule has 4 rings (SSSR count). The Morgan fingerprint density at radius 1 is 1.22 bits per heavy atom. The van der Waals surface area contributed by atoms with Crippen molar-refractivity contribution in [3.8, 4) is 0 Å². The molecule has 1 saturated carbocycles. The quantitative estimate of drug-likeness (QED) is 0.781. The van der Waals surface area contributed by atoms with Crippen LogP contribution in [0.5, 0.6) is 0 Å². The molecule has 150 valence electrons. The van der Waals surface area contributed by atoms with Gasteiger partial charge in [-0.15, -0.1) is 10.2 Å². The first kappa shape index (κ1) is 18.9. The Bertz CT molecular complexity index is 645. The molecule has 0 radical (unpaired) electrons. The lowest BCUT2D eigenvalue weighted by Crippen LogP contribution is -2.37. The fourth-order valence-electron chi connectivity index (χ4n) is 5.19. The molecule has 2 aliphatic heterocycles. The van der Waals surface area contributed by atoms with Crippen LogP contribution in [0.25, 0.3) is 0 Å². The lowest BCUT2D eigenvalue weighted by molar-refractivity contribution is -0.131. The predicted molar refractivity (Wildman–Crippen MR) is 101 cm³/mol. The van der Waals surface area contributed by atoms with Gasteiger partial charge >= 0.3 is 0 Å². The van der Waals surface area contributed by atoms with Crippen LogP contribution in [0, 0.1) is 11.3 Å². The molecule has 0 N–H and O–H groups in total. The van der Waals surface area contributed by atoms with Gasteiger partial charge in [0.15, 0.2) is 0 Å². The summed E-state index contributed by atoms with van der Waals surface area (Å²) in [5.74, 6) is 2.83. The Balaban J connectivity index is 1.47. The maximum atomic E-state index is 12.9. The number of amides is 1. The van der Waals surface area contributed by atoms with E-state index in [-0.39, 0.29) is 17.3 Å². The number of hydrogen-bond donors (Lipinski definition) is 0. The van der Waals surface area contributed by atoms with Gasteiger partial charge in [0.1, 0.15) is 0 Å². The third-order valence-electron chi connectivity index (χ3n) is 6.98. The molecule has 1 amide bonds. The first-order valence-corrected chi connectivity index (χ1v) is 10.8. The van der Waals surface area contributed by atoms with E-state index < -0.39 is 0 Å². The van der Waals surface area contributed by atoms with E-state index in [0.29, 0.717) is 30.7 Å². The summed E-state index contributed by atoms with van der Waals surface area (Å²) in [5.41, 5.74) is 0.0298. The van der Waals surface area contributed by atoms with Crippen LogP contribution in [0.2, 0.25) is 0 Å². The standard InChI is InChI=1S/C21H33N3O3/c1-15(2)19-22-23-20(27-19)17-13-24(14-21(17)9-11-26-12-10-21)18(25)8-7-16-5-3-4-6-16/h15-17H,3-14H2,1-2H3. The molecule has 1 aliphatic carbocycles. The molecule has 6 nitrogen and oxygen atoms in total. The van der Waals surface area contributed by atoms with E-state index in [2.05, 4.69) is 28.9 Å². The molecule has 27 heavy (non-hydrogen) atoms. The van der Waals surface area contributed by atoms with Crippen LogP contribution in [-0.4, -0.2) is 47.3 Å². The maximum Gasteiger partial charge on any atom is 0.222 e. The van der Waals surface area contributed by atoms with E-state index in [9.17, 15) is 4.79 Å². The van der Waals surface area contributed by atoms with Crippen molar-refractivity contribution < 1.29 is 13.9 Å². The van der Waals surface area contributed by atoms with E-state index in [1.807, 2.05) is 0 Å². The molecule has 3 aliphatic rings. The van der Waals surface area contributed by atoms with Crippen molar-refractivity contribution in [2.75, 3.05) is 26.3 Å². The lowest BCUT2D eigenvalue weighted by atomic mass is 9.72. The van der Waals surface area contributed by atoms with Crippen LogP contribution >= 0.6 is 0 Å². The summed E-state index contributed by atoms with van der Waals surface area (Å²) in [7, 11) is 0. The molecule has 3 fully saturated rings. The number of rotatable bonds is 5. The van der Waals surface area contributed by atoms with E-state index in [1.54, 1.807) is 0 Å². The Morgan fingerprint density at radius 2 is 1.96 bits per heavy atom. The molecule has 1 aromatic heterocycles. The van der Waals surface area contributed by atoms with Crippen molar-refractivity contribution in [3.63, 3.8) is 0 Å². The average Bonchev–Trinajstić information content (AvgIpc) is 3.40. The van der Waals surface area contributed by atoms with Gasteiger partial charge in [-0.1, -0.05) is 39.5 Å². The van der Waals surface area contributed by atoms with Crippen LogP contribution in [0.15, 0.2) is 4.42 Å². The minimum atomic E-state index is 0.0298. The average molecular weight is 376 g/mol. The van der Waals surface area contributed by atoms with Crippen molar-refractivity contribution in [2.24, 2.45) is 11.3 Å². The van der Waals surface area contributed by atoms with Crippen molar-refractivity contribution in [2.45, 2.75) is 77.0 Å². The molecular weight excluding hydrogens is 342 g/mol. The van der Waals surface area contributed by atoms with Crippen molar-refractivity contribution in [1.82, 2.24) is 15.1 Å². The van der Waals surface area contributed by atoms with Crippen molar-refractivity contribution in [3.05, 3.63) is 11.8 Å². The number of carbonyl (C=O) groups excluding carboxylic acids is 1. The minimum absolute atomic E-state index is 0.0298. The zero-order valence-electron chi connectivity index (χ0n) is 16.8. The molecule has 1 unspecified atom stereocenters. The molecular formula is C21H33N3O3. The zero-order chi connectivity index (χ0) is 18.9. The number of aromatic nitrogens is 2. The van der Waals surface area contributed by atoms with Gasteiger partial charge in [0.05, 0.1) is 5.92 Å². The highest BCUT2D eigenvalue weighted by molar-refractivity contribution is 5.76. The Labute approximate surface area is 162 Å². The largest absolute Gasteiger partial charge is 0.425 e. The number of carbonyl (C=O) groups is 1. The first-order chi connectivity index (χ1) is 13.1. The van der Waals surface area contributed by atoms with E-state index in [1.165, 1.54) is 25.7 Å². The summed E-state index contributed by atoms with van der Waals surface area (Å²) in [6.07, 6.45) is 8.94. The number of likely N-dealkylation sites (tertiary alicyclic amines) is 1. The summed E-state index contributed by atoms with van der Waals surface area (Å²) < 4.78 is 11.6. The lowest BCUT2D eigenvalue weighted by Gasteiger charge is -2.36. The zero-order valence-corrected chi connectivity index (χ0v) is 16.8. The predicted octanol–water partition coefficient (Wildman–Crippen LogP) is 3.89. The van der Waals surface area contributed by atoms with Gasteiger partial charge in [-0.25, -0.2) is 0 Å². The van der Waals surface area contributed by atoms with Gasteiger partial charge in [-0.2, -0.15) is 0 Å². The second-order valence-corrected chi connectivity index (χ2v) is 9.12. The molecule has 0 aromatic carbocycles. The Hall–Kier alpha value is -1.43. The topological polar surface area (TPSA) is 68.5 Å². The molecule has 3 heterocycles. The minimum Gasteiger partial charge on any atom is -0.425 e. The Kier molecular flexibility index (Phi) is 5.53. The molecule has 1 spiro atoms. The van der Waals surface area contributed by atoms with E-state index in [0.717, 1.165) is 44.9 Å². The second kappa shape index (κ2) is 7.90. The van der Waals surface area contributed by atoms with Gasteiger partial charge < -0.3 is 14.1 Å². The first-order valence-electron chi connectivity index (χ1n) is 10.8. The summed E-state index contributed by atoms with van der Waals surface area (Å²) in [5, 5.41) is 8.62. The van der Waals surface area contributed by atoms with Crippen LogP contribution in [-0.2, 0) is 9.53 Å². The van der Waals surface area contributed by atoms with Gasteiger partial charge in [0.25, 0.3) is 0 Å². The van der Waals surface area contributed by atoms with Crippen LogP contribution in [0.1, 0.15) is 88.8 Å². The van der Waals surface area contributed by atoms with Crippen LogP contribution in [0.3, 0.4) is 0 Å². The van der Waals surface area contributed by atoms with Gasteiger partial charge in [-0.3, -0.25) is 4.79 Å². The molecule has 2 saturated heterocycles. The van der Waals surface area contributed by atoms with E-state index in [4.69, 9.17) is 9.15 Å². The highest BCUT2D eigenvalue weighted by Gasteiger charge is 2.51. The molecule has 1 aromatic rings. The molecule has 6 heteroatoms. The van der Waals surface area contributed by atoms with Crippen molar-refractivity contribution in [1.29, 1.82) is 0 Å².